The zero-order valence-corrected chi connectivity index (χ0v) is 12.6. The van der Waals surface area contributed by atoms with Gasteiger partial charge in [-0.15, -0.1) is 0 Å². The molecule has 1 unspecified atom stereocenters. The van der Waals surface area contributed by atoms with Crippen LogP contribution < -0.4 is 11.1 Å². The molecule has 0 aromatic heterocycles. The van der Waals surface area contributed by atoms with Gasteiger partial charge in [0.1, 0.15) is 0 Å². The van der Waals surface area contributed by atoms with E-state index < -0.39 is 9.84 Å². The molecular weight excluding hydrogens is 276 g/mol. The van der Waals surface area contributed by atoms with E-state index in [-0.39, 0.29) is 23.3 Å². The first kappa shape index (κ1) is 14.8. The molecule has 0 aliphatic carbocycles. The number of hydrogen-bond acceptors (Lipinski definition) is 4. The first-order valence-corrected chi connectivity index (χ1v) is 8.46. The molecule has 1 amide bonds. The maximum absolute atomic E-state index is 12.1. The second kappa shape index (κ2) is 5.44. The Morgan fingerprint density at radius 3 is 2.65 bits per heavy atom. The number of nitrogens with two attached hydrogens (primary N) is 1. The summed E-state index contributed by atoms with van der Waals surface area (Å²) in [6.07, 6.45) is 0.623. The minimum atomic E-state index is -2.90. The maximum atomic E-state index is 12.1. The summed E-state index contributed by atoms with van der Waals surface area (Å²) in [4.78, 5) is 12.1. The first-order chi connectivity index (χ1) is 9.28. The Kier molecular flexibility index (Phi) is 4.04. The third kappa shape index (κ3) is 3.30. The highest BCUT2D eigenvalue weighted by Gasteiger charge is 2.28. The van der Waals surface area contributed by atoms with Gasteiger partial charge in [0, 0.05) is 17.8 Å². The van der Waals surface area contributed by atoms with E-state index in [0.717, 1.165) is 11.1 Å². The van der Waals surface area contributed by atoms with Gasteiger partial charge in [0.25, 0.3) is 5.91 Å². The van der Waals surface area contributed by atoms with E-state index in [1.807, 2.05) is 19.9 Å². The Morgan fingerprint density at radius 2 is 2.05 bits per heavy atom. The van der Waals surface area contributed by atoms with Crippen molar-refractivity contribution < 1.29 is 13.2 Å². The molecule has 1 heterocycles. The van der Waals surface area contributed by atoms with Crippen LogP contribution in [0.25, 0.3) is 0 Å². The highest BCUT2D eigenvalue weighted by molar-refractivity contribution is 7.91. The van der Waals surface area contributed by atoms with E-state index in [1.54, 1.807) is 6.07 Å². The lowest BCUT2D eigenvalue weighted by atomic mass is 10.0. The van der Waals surface area contributed by atoms with E-state index in [4.69, 9.17) is 5.73 Å². The fourth-order valence-corrected chi connectivity index (χ4v) is 4.34. The molecule has 1 aromatic rings. The van der Waals surface area contributed by atoms with Gasteiger partial charge in [0.15, 0.2) is 9.84 Å². The van der Waals surface area contributed by atoms with E-state index >= 15 is 0 Å². The van der Waals surface area contributed by atoms with Crippen LogP contribution in [0.1, 0.15) is 27.9 Å². The second-order valence-electron chi connectivity index (χ2n) is 5.50. The normalized spacial score (nSPS) is 20.8. The number of sulfone groups is 1. The van der Waals surface area contributed by atoms with Gasteiger partial charge in [-0.3, -0.25) is 4.79 Å². The van der Waals surface area contributed by atoms with Crippen LogP contribution in [0, 0.1) is 19.8 Å². The largest absolute Gasteiger partial charge is 0.398 e. The Balaban J connectivity index is 2.01. The molecule has 1 aromatic carbocycles. The minimum Gasteiger partial charge on any atom is -0.398 e. The monoisotopic (exact) mass is 296 g/mol. The fourth-order valence-electron chi connectivity index (χ4n) is 2.48. The van der Waals surface area contributed by atoms with Gasteiger partial charge in [0.2, 0.25) is 0 Å². The zero-order chi connectivity index (χ0) is 14.9. The molecule has 110 valence electrons. The number of amides is 1. The number of nitrogens with one attached hydrogen (secondary N) is 1. The summed E-state index contributed by atoms with van der Waals surface area (Å²) in [6.45, 7) is 4.15. The third-order valence-electron chi connectivity index (χ3n) is 3.74. The smallest absolute Gasteiger partial charge is 0.251 e. The van der Waals surface area contributed by atoms with Gasteiger partial charge < -0.3 is 11.1 Å². The summed E-state index contributed by atoms with van der Waals surface area (Å²) >= 11 is 0. The molecule has 1 saturated heterocycles. The Morgan fingerprint density at radius 1 is 1.35 bits per heavy atom. The van der Waals surface area contributed by atoms with Gasteiger partial charge in [-0.1, -0.05) is 6.07 Å². The summed E-state index contributed by atoms with van der Waals surface area (Å²) in [5.41, 5.74) is 8.77. The van der Waals surface area contributed by atoms with Crippen molar-refractivity contribution in [1.29, 1.82) is 0 Å². The van der Waals surface area contributed by atoms with Gasteiger partial charge >= 0.3 is 0 Å². The average molecular weight is 296 g/mol. The highest BCUT2D eigenvalue weighted by Crippen LogP contribution is 2.19. The number of carbonyl (C=O) groups excluding carboxylic acids is 1. The van der Waals surface area contributed by atoms with Gasteiger partial charge in [-0.05, 0) is 43.4 Å². The summed E-state index contributed by atoms with van der Waals surface area (Å²) < 4.78 is 22.7. The summed E-state index contributed by atoms with van der Waals surface area (Å²) in [7, 11) is -2.90. The summed E-state index contributed by atoms with van der Waals surface area (Å²) in [6, 6.07) is 3.55. The molecule has 2 rings (SSSR count). The number of rotatable bonds is 3. The molecule has 1 aliphatic rings. The van der Waals surface area contributed by atoms with Gasteiger partial charge in [-0.2, -0.15) is 0 Å². The number of anilines is 1. The number of aryl methyl sites for hydroxylation is 2. The van der Waals surface area contributed by atoms with Crippen LogP contribution >= 0.6 is 0 Å². The molecule has 0 radical (unpaired) electrons. The van der Waals surface area contributed by atoms with Gasteiger partial charge in [0.05, 0.1) is 11.5 Å². The predicted molar refractivity (Wildman–Crippen MR) is 79.4 cm³/mol. The number of benzene rings is 1. The summed E-state index contributed by atoms with van der Waals surface area (Å²) in [5.74, 6) is 0.220. The van der Waals surface area contributed by atoms with Crippen molar-refractivity contribution in [3.05, 3.63) is 28.8 Å². The highest BCUT2D eigenvalue weighted by atomic mass is 32.2. The van der Waals surface area contributed by atoms with Crippen molar-refractivity contribution in [2.24, 2.45) is 5.92 Å². The van der Waals surface area contributed by atoms with Crippen LogP contribution in [0.2, 0.25) is 0 Å². The quantitative estimate of drug-likeness (QED) is 0.816. The van der Waals surface area contributed by atoms with Crippen molar-refractivity contribution in [1.82, 2.24) is 5.32 Å². The van der Waals surface area contributed by atoms with E-state index in [1.165, 1.54) is 0 Å². The van der Waals surface area contributed by atoms with Crippen LogP contribution in [0.15, 0.2) is 12.1 Å². The molecule has 0 spiro atoms. The van der Waals surface area contributed by atoms with Crippen LogP contribution in [-0.2, 0) is 9.84 Å². The van der Waals surface area contributed by atoms with Crippen LogP contribution in [0.4, 0.5) is 5.69 Å². The topological polar surface area (TPSA) is 89.3 Å². The Hall–Kier alpha value is -1.56. The van der Waals surface area contributed by atoms with Crippen LogP contribution in [0.5, 0.6) is 0 Å². The van der Waals surface area contributed by atoms with E-state index in [2.05, 4.69) is 5.32 Å². The minimum absolute atomic E-state index is 0.0204. The molecule has 3 N–H and O–H groups in total. The maximum Gasteiger partial charge on any atom is 0.251 e. The van der Waals surface area contributed by atoms with E-state index in [0.29, 0.717) is 24.2 Å². The Bertz CT molecular complexity index is 638. The molecule has 5 nitrogen and oxygen atoms in total. The van der Waals surface area contributed by atoms with Crippen molar-refractivity contribution >= 4 is 21.4 Å². The third-order valence-corrected chi connectivity index (χ3v) is 5.57. The lowest BCUT2D eigenvalue weighted by molar-refractivity contribution is 0.0948. The summed E-state index contributed by atoms with van der Waals surface area (Å²) in [5, 5.41) is 2.81. The lowest BCUT2D eigenvalue weighted by Gasteiger charge is -2.12. The van der Waals surface area contributed by atoms with Crippen LogP contribution in [-0.4, -0.2) is 32.4 Å². The Labute approximate surface area is 119 Å². The standard InChI is InChI=1S/C14H20N2O3S/c1-9-5-10(2)13(15)6-12(9)14(17)16-7-11-3-4-20(18,19)8-11/h5-6,11H,3-4,7-8,15H2,1-2H3,(H,16,17). The fraction of sp³-hybridized carbons (Fsp3) is 0.500. The number of carbonyl (C=O) groups is 1. The lowest BCUT2D eigenvalue weighted by Crippen LogP contribution is -2.30. The van der Waals surface area contributed by atoms with E-state index in [9.17, 15) is 13.2 Å². The molecule has 1 atom stereocenters. The van der Waals surface area contributed by atoms with Crippen molar-refractivity contribution in [3.8, 4) is 0 Å². The first-order valence-electron chi connectivity index (χ1n) is 6.64. The van der Waals surface area contributed by atoms with Crippen molar-refractivity contribution in [2.45, 2.75) is 20.3 Å². The molecule has 0 bridgehead atoms. The molecule has 20 heavy (non-hydrogen) atoms. The molecule has 1 fully saturated rings. The van der Waals surface area contributed by atoms with Gasteiger partial charge in [-0.25, -0.2) is 8.42 Å². The zero-order valence-electron chi connectivity index (χ0n) is 11.8. The number of nitrogen functional groups attached to an aromatic ring is 1. The number of hydrogen-bond donors (Lipinski definition) is 2. The average Bonchev–Trinajstić information content (AvgIpc) is 2.70. The van der Waals surface area contributed by atoms with Crippen molar-refractivity contribution in [2.75, 3.05) is 23.8 Å². The molecular formula is C14H20N2O3S. The molecule has 6 heteroatoms. The van der Waals surface area contributed by atoms with Crippen LogP contribution in [0.3, 0.4) is 0 Å². The SMILES string of the molecule is Cc1cc(C)c(C(=O)NCC2CCS(=O)(=O)C2)cc1N. The molecule has 0 saturated carbocycles. The van der Waals surface area contributed by atoms with Crippen molar-refractivity contribution in [3.63, 3.8) is 0 Å². The molecule has 1 aliphatic heterocycles. The second-order valence-corrected chi connectivity index (χ2v) is 7.73. The predicted octanol–water partition coefficient (Wildman–Crippen LogP) is 1.05.